The SMILES string of the molecule is Cc1ccc(NO/C=N/OCc2cc3ccccc3c(C)c2O)cc1. The van der Waals surface area contributed by atoms with Gasteiger partial charge in [-0.2, -0.15) is 0 Å². The van der Waals surface area contributed by atoms with Crippen LogP contribution in [0.1, 0.15) is 16.7 Å². The third-order valence-electron chi connectivity index (χ3n) is 3.97. The van der Waals surface area contributed by atoms with E-state index in [1.807, 2.05) is 68.4 Å². The highest BCUT2D eigenvalue weighted by Crippen LogP contribution is 2.30. The first-order chi connectivity index (χ1) is 12.1. The second-order valence-electron chi connectivity index (χ2n) is 5.80. The summed E-state index contributed by atoms with van der Waals surface area (Å²) in [5.74, 6) is 0.229. The Morgan fingerprint density at radius 3 is 2.64 bits per heavy atom. The number of hydrogen-bond donors (Lipinski definition) is 2. The lowest BCUT2D eigenvalue weighted by Gasteiger charge is -2.10. The molecule has 0 aliphatic heterocycles. The Kier molecular flexibility index (Phi) is 5.04. The van der Waals surface area contributed by atoms with E-state index in [0.29, 0.717) is 5.56 Å². The van der Waals surface area contributed by atoms with E-state index in [4.69, 9.17) is 9.68 Å². The molecular formula is C20H20N2O3. The van der Waals surface area contributed by atoms with Gasteiger partial charge in [-0.3, -0.25) is 0 Å². The molecule has 3 aromatic carbocycles. The summed E-state index contributed by atoms with van der Waals surface area (Å²) in [7, 11) is 0. The lowest BCUT2D eigenvalue weighted by atomic mass is 10.0. The number of oxime groups is 1. The predicted octanol–water partition coefficient (Wildman–Crippen LogP) is 4.67. The molecule has 0 atom stereocenters. The van der Waals surface area contributed by atoms with Crippen LogP contribution in [0.2, 0.25) is 0 Å². The second kappa shape index (κ2) is 7.57. The fraction of sp³-hybridized carbons (Fsp3) is 0.150. The molecule has 5 nitrogen and oxygen atoms in total. The van der Waals surface area contributed by atoms with Gasteiger partial charge in [0, 0.05) is 5.56 Å². The standard InChI is InChI=1S/C20H20N2O3/c1-14-7-9-18(10-8-14)22-25-13-21-24-12-17-11-16-5-3-4-6-19(16)15(2)20(17)23/h3-11,13,22-23H,12H2,1-2H3/b21-13+. The topological polar surface area (TPSA) is 63.1 Å². The number of aromatic hydroxyl groups is 1. The highest BCUT2D eigenvalue weighted by molar-refractivity contribution is 5.88. The van der Waals surface area contributed by atoms with Gasteiger partial charge in [0.05, 0.1) is 5.69 Å². The Bertz CT molecular complexity index is 889. The minimum atomic E-state index is 0.155. The maximum atomic E-state index is 10.3. The zero-order valence-electron chi connectivity index (χ0n) is 14.2. The molecule has 0 fully saturated rings. The van der Waals surface area contributed by atoms with E-state index >= 15 is 0 Å². The summed E-state index contributed by atoms with van der Waals surface area (Å²) >= 11 is 0. The van der Waals surface area contributed by atoms with Crippen LogP contribution in [0.4, 0.5) is 5.69 Å². The van der Waals surface area contributed by atoms with Crippen molar-refractivity contribution in [3.05, 3.63) is 71.3 Å². The van der Waals surface area contributed by atoms with Crippen molar-refractivity contribution in [3.8, 4) is 5.75 Å². The highest BCUT2D eigenvalue weighted by Gasteiger charge is 2.09. The van der Waals surface area contributed by atoms with Gasteiger partial charge in [-0.05, 0) is 48.4 Å². The van der Waals surface area contributed by atoms with Crippen molar-refractivity contribution in [2.45, 2.75) is 20.5 Å². The van der Waals surface area contributed by atoms with Crippen LogP contribution >= 0.6 is 0 Å². The molecule has 0 aliphatic carbocycles. The number of nitrogens with zero attached hydrogens (tertiary/aromatic N) is 1. The van der Waals surface area contributed by atoms with Gasteiger partial charge in [0.15, 0.2) is 0 Å². The van der Waals surface area contributed by atoms with Crippen molar-refractivity contribution >= 4 is 22.9 Å². The Morgan fingerprint density at radius 2 is 1.84 bits per heavy atom. The number of nitrogens with one attached hydrogen (secondary N) is 1. The van der Waals surface area contributed by atoms with E-state index in [1.165, 1.54) is 12.0 Å². The molecule has 128 valence electrons. The predicted molar refractivity (Wildman–Crippen MR) is 99.5 cm³/mol. The number of anilines is 1. The number of benzene rings is 3. The molecular weight excluding hydrogens is 316 g/mol. The molecule has 0 spiro atoms. The Morgan fingerprint density at radius 1 is 1.08 bits per heavy atom. The van der Waals surface area contributed by atoms with Crippen molar-refractivity contribution in [1.29, 1.82) is 0 Å². The number of rotatable bonds is 6. The normalized spacial score (nSPS) is 11.0. The van der Waals surface area contributed by atoms with E-state index in [-0.39, 0.29) is 12.4 Å². The van der Waals surface area contributed by atoms with Crippen LogP contribution in [0.15, 0.2) is 59.8 Å². The minimum absolute atomic E-state index is 0.155. The smallest absolute Gasteiger partial charge is 0.245 e. The summed E-state index contributed by atoms with van der Waals surface area (Å²) < 4.78 is 0. The molecule has 0 radical (unpaired) electrons. The number of phenols is 1. The summed E-state index contributed by atoms with van der Waals surface area (Å²) in [4.78, 5) is 10.3. The molecule has 3 aromatic rings. The van der Waals surface area contributed by atoms with Crippen LogP contribution in [0.5, 0.6) is 5.75 Å². The van der Waals surface area contributed by atoms with Crippen molar-refractivity contribution < 1.29 is 14.8 Å². The van der Waals surface area contributed by atoms with Gasteiger partial charge in [-0.25, -0.2) is 5.48 Å². The van der Waals surface area contributed by atoms with E-state index in [1.54, 1.807) is 0 Å². The molecule has 0 amide bonds. The fourth-order valence-electron chi connectivity index (χ4n) is 2.57. The molecule has 0 bridgehead atoms. The number of phenolic OH excluding ortho intramolecular Hbond substituents is 1. The molecule has 0 aromatic heterocycles. The molecule has 2 N–H and O–H groups in total. The first kappa shape index (κ1) is 16.6. The second-order valence-corrected chi connectivity index (χ2v) is 5.80. The van der Waals surface area contributed by atoms with Crippen LogP contribution in [0, 0.1) is 13.8 Å². The van der Waals surface area contributed by atoms with Crippen molar-refractivity contribution in [3.63, 3.8) is 0 Å². The number of hydrogen-bond acceptors (Lipinski definition) is 5. The Balaban J connectivity index is 1.56. The largest absolute Gasteiger partial charge is 0.507 e. The van der Waals surface area contributed by atoms with Gasteiger partial charge in [0.25, 0.3) is 0 Å². The van der Waals surface area contributed by atoms with E-state index in [9.17, 15) is 5.11 Å². The molecule has 3 rings (SSSR count). The maximum absolute atomic E-state index is 10.3. The van der Waals surface area contributed by atoms with Gasteiger partial charge in [0.2, 0.25) is 6.40 Å². The van der Waals surface area contributed by atoms with E-state index in [0.717, 1.165) is 22.0 Å². The average molecular weight is 336 g/mol. The van der Waals surface area contributed by atoms with Crippen molar-refractivity contribution in [2.24, 2.45) is 5.16 Å². The van der Waals surface area contributed by atoms with Crippen molar-refractivity contribution in [1.82, 2.24) is 0 Å². The summed E-state index contributed by atoms with van der Waals surface area (Å²) in [6, 6.07) is 17.6. The Labute approximate surface area is 146 Å². The third kappa shape index (κ3) is 4.01. The quantitative estimate of drug-likeness (QED) is 0.390. The maximum Gasteiger partial charge on any atom is 0.245 e. The lowest BCUT2D eigenvalue weighted by molar-refractivity contribution is 0.123. The van der Waals surface area contributed by atoms with Gasteiger partial charge in [-0.15, -0.1) is 0 Å². The van der Waals surface area contributed by atoms with Gasteiger partial charge >= 0.3 is 0 Å². The van der Waals surface area contributed by atoms with Crippen LogP contribution in [0.25, 0.3) is 10.8 Å². The van der Waals surface area contributed by atoms with Crippen LogP contribution in [0.3, 0.4) is 0 Å². The molecule has 0 saturated heterocycles. The van der Waals surface area contributed by atoms with Crippen molar-refractivity contribution in [2.75, 3.05) is 5.48 Å². The first-order valence-corrected chi connectivity index (χ1v) is 7.97. The first-order valence-electron chi connectivity index (χ1n) is 7.97. The molecule has 25 heavy (non-hydrogen) atoms. The third-order valence-corrected chi connectivity index (χ3v) is 3.97. The molecule has 0 aliphatic rings. The van der Waals surface area contributed by atoms with Gasteiger partial charge in [-0.1, -0.05) is 47.1 Å². The van der Waals surface area contributed by atoms with Gasteiger partial charge in [0.1, 0.15) is 12.4 Å². The molecule has 0 saturated carbocycles. The zero-order valence-corrected chi connectivity index (χ0v) is 14.2. The highest BCUT2D eigenvalue weighted by atomic mass is 16.7. The lowest BCUT2D eigenvalue weighted by Crippen LogP contribution is -1.99. The minimum Gasteiger partial charge on any atom is -0.507 e. The average Bonchev–Trinajstić information content (AvgIpc) is 2.63. The number of fused-ring (bicyclic) bond motifs is 1. The Hall–Kier alpha value is -3.21. The van der Waals surface area contributed by atoms with Crippen LogP contribution < -0.4 is 5.48 Å². The van der Waals surface area contributed by atoms with E-state index in [2.05, 4.69) is 10.6 Å². The number of aryl methyl sites for hydroxylation is 2. The van der Waals surface area contributed by atoms with Crippen LogP contribution in [-0.2, 0) is 16.3 Å². The molecule has 0 heterocycles. The zero-order chi connectivity index (χ0) is 17.6. The summed E-state index contributed by atoms with van der Waals surface area (Å²) in [5.41, 5.74) is 6.24. The monoisotopic (exact) mass is 336 g/mol. The van der Waals surface area contributed by atoms with E-state index < -0.39 is 0 Å². The summed E-state index contributed by atoms with van der Waals surface area (Å²) in [6.07, 6.45) is 1.17. The van der Waals surface area contributed by atoms with Gasteiger partial charge < -0.3 is 14.8 Å². The fourth-order valence-corrected chi connectivity index (χ4v) is 2.57. The summed E-state index contributed by atoms with van der Waals surface area (Å²) in [5, 5.41) is 16.1. The molecule has 0 unspecified atom stereocenters. The molecule has 5 heteroatoms. The van der Waals surface area contributed by atoms with Crippen LogP contribution in [-0.4, -0.2) is 11.5 Å². The summed E-state index contributed by atoms with van der Waals surface area (Å²) in [6.45, 7) is 4.06.